The molecule has 92 valence electrons. The first-order chi connectivity index (χ1) is 9.34. The molecule has 19 heavy (non-hydrogen) atoms. The van der Waals surface area contributed by atoms with Crippen molar-refractivity contribution >= 4 is 21.8 Å². The molecule has 2 aromatic heterocycles. The van der Waals surface area contributed by atoms with Gasteiger partial charge in [0.25, 0.3) is 0 Å². The van der Waals surface area contributed by atoms with Crippen molar-refractivity contribution in [2.24, 2.45) is 7.05 Å². The van der Waals surface area contributed by atoms with Crippen molar-refractivity contribution in [3.63, 3.8) is 0 Å². The molecule has 0 fully saturated rings. The van der Waals surface area contributed by atoms with Crippen LogP contribution < -0.4 is 0 Å². The van der Waals surface area contributed by atoms with E-state index in [1.807, 2.05) is 6.20 Å². The Bertz CT molecular complexity index is 880. The highest BCUT2D eigenvalue weighted by Gasteiger charge is 2.10. The maximum absolute atomic E-state index is 3.34. The van der Waals surface area contributed by atoms with Crippen LogP contribution in [-0.4, -0.2) is 9.55 Å². The van der Waals surface area contributed by atoms with Crippen LogP contribution in [-0.2, 0) is 7.05 Å². The normalized spacial score (nSPS) is 11.4. The summed E-state index contributed by atoms with van der Waals surface area (Å²) in [6.07, 6.45) is 2.00. The number of para-hydroxylation sites is 2. The zero-order chi connectivity index (χ0) is 12.8. The van der Waals surface area contributed by atoms with Gasteiger partial charge in [0.05, 0.1) is 11.2 Å². The Morgan fingerprint density at radius 2 is 1.74 bits per heavy atom. The summed E-state index contributed by atoms with van der Waals surface area (Å²) >= 11 is 0. The van der Waals surface area contributed by atoms with E-state index in [-0.39, 0.29) is 0 Å². The van der Waals surface area contributed by atoms with Crippen LogP contribution in [0.1, 0.15) is 0 Å². The first-order valence-electron chi connectivity index (χ1n) is 6.45. The number of aromatic nitrogens is 2. The van der Waals surface area contributed by atoms with Gasteiger partial charge in [0, 0.05) is 35.1 Å². The number of hydrogen-bond donors (Lipinski definition) is 1. The molecule has 2 nitrogen and oxygen atoms in total. The fourth-order valence-electron chi connectivity index (χ4n) is 2.85. The molecule has 4 rings (SSSR count). The lowest BCUT2D eigenvalue weighted by molar-refractivity contribution is 0.979. The minimum atomic E-state index is 1.20. The monoisotopic (exact) mass is 246 g/mol. The van der Waals surface area contributed by atoms with Gasteiger partial charge < -0.3 is 9.55 Å². The lowest BCUT2D eigenvalue weighted by atomic mass is 10.1. The second-order valence-electron chi connectivity index (χ2n) is 4.89. The predicted octanol–water partition coefficient (Wildman–Crippen LogP) is 4.33. The maximum Gasteiger partial charge on any atom is 0.0548 e. The fourth-order valence-corrected chi connectivity index (χ4v) is 2.85. The summed E-state index contributed by atoms with van der Waals surface area (Å²) in [6.45, 7) is 0. The SMILES string of the molecule is Cn1c(-c2cccc3cc[nH]c23)cc2ccccc21. The van der Waals surface area contributed by atoms with Gasteiger partial charge in [-0.05, 0) is 18.2 Å². The number of fused-ring (bicyclic) bond motifs is 2. The van der Waals surface area contributed by atoms with E-state index < -0.39 is 0 Å². The smallest absolute Gasteiger partial charge is 0.0548 e. The number of H-pyrrole nitrogens is 1. The van der Waals surface area contributed by atoms with Gasteiger partial charge in [0.2, 0.25) is 0 Å². The topological polar surface area (TPSA) is 20.7 Å². The molecule has 4 aromatic rings. The quantitative estimate of drug-likeness (QED) is 0.516. The van der Waals surface area contributed by atoms with Crippen LogP contribution in [0.15, 0.2) is 60.8 Å². The van der Waals surface area contributed by atoms with Crippen LogP contribution in [0, 0.1) is 0 Å². The van der Waals surface area contributed by atoms with Crippen LogP contribution in [0.5, 0.6) is 0 Å². The average molecular weight is 246 g/mol. The van der Waals surface area contributed by atoms with E-state index in [0.29, 0.717) is 0 Å². The molecule has 0 bridgehead atoms. The average Bonchev–Trinajstić information content (AvgIpc) is 3.04. The molecule has 0 aliphatic carbocycles. The lowest BCUT2D eigenvalue weighted by Gasteiger charge is -2.06. The molecule has 0 amide bonds. The van der Waals surface area contributed by atoms with Gasteiger partial charge in [0.1, 0.15) is 0 Å². The van der Waals surface area contributed by atoms with Gasteiger partial charge in [-0.25, -0.2) is 0 Å². The van der Waals surface area contributed by atoms with Crippen LogP contribution in [0.25, 0.3) is 33.1 Å². The number of rotatable bonds is 1. The van der Waals surface area contributed by atoms with Gasteiger partial charge in [0.15, 0.2) is 0 Å². The number of benzene rings is 2. The molecule has 0 saturated heterocycles. The van der Waals surface area contributed by atoms with Crippen molar-refractivity contribution < 1.29 is 0 Å². The molecule has 0 atom stereocenters. The number of hydrogen-bond acceptors (Lipinski definition) is 0. The molecule has 2 heterocycles. The second kappa shape index (κ2) is 3.75. The largest absolute Gasteiger partial charge is 0.361 e. The van der Waals surface area contributed by atoms with E-state index in [4.69, 9.17) is 0 Å². The predicted molar refractivity (Wildman–Crippen MR) is 80.2 cm³/mol. The van der Waals surface area contributed by atoms with Gasteiger partial charge in [-0.3, -0.25) is 0 Å². The van der Waals surface area contributed by atoms with Crippen LogP contribution in [0.4, 0.5) is 0 Å². The third kappa shape index (κ3) is 1.43. The van der Waals surface area contributed by atoms with Gasteiger partial charge in [-0.2, -0.15) is 0 Å². The van der Waals surface area contributed by atoms with Crippen LogP contribution in [0.2, 0.25) is 0 Å². The van der Waals surface area contributed by atoms with Crippen molar-refractivity contribution in [3.8, 4) is 11.3 Å². The molecular weight excluding hydrogens is 232 g/mol. The molecule has 0 aliphatic rings. The number of aryl methyl sites for hydroxylation is 1. The molecule has 0 unspecified atom stereocenters. The fraction of sp³-hybridized carbons (Fsp3) is 0.0588. The minimum Gasteiger partial charge on any atom is -0.361 e. The zero-order valence-corrected chi connectivity index (χ0v) is 10.7. The summed E-state index contributed by atoms with van der Waals surface area (Å²) in [6, 6.07) is 19.3. The van der Waals surface area contributed by atoms with E-state index in [1.54, 1.807) is 0 Å². The molecule has 0 spiro atoms. The molecular formula is C17H14N2. The molecule has 1 N–H and O–H groups in total. The Morgan fingerprint density at radius 3 is 2.63 bits per heavy atom. The first kappa shape index (κ1) is 10.4. The highest BCUT2D eigenvalue weighted by Crippen LogP contribution is 2.31. The standard InChI is InChI=1S/C17H14N2/c1-19-15-8-3-2-5-13(15)11-16(19)14-7-4-6-12-9-10-18-17(12)14/h2-11,18H,1H3. The van der Waals surface area contributed by atoms with Crippen molar-refractivity contribution in [2.45, 2.75) is 0 Å². The van der Waals surface area contributed by atoms with E-state index in [2.05, 4.69) is 71.2 Å². The highest BCUT2D eigenvalue weighted by molar-refractivity contribution is 5.97. The number of nitrogens with zero attached hydrogens (tertiary/aromatic N) is 1. The third-order valence-corrected chi connectivity index (χ3v) is 3.81. The first-order valence-corrected chi connectivity index (χ1v) is 6.45. The van der Waals surface area contributed by atoms with Crippen LogP contribution in [0.3, 0.4) is 0 Å². The van der Waals surface area contributed by atoms with E-state index in [9.17, 15) is 0 Å². The Kier molecular flexibility index (Phi) is 2.06. The van der Waals surface area contributed by atoms with Crippen LogP contribution >= 0.6 is 0 Å². The molecule has 0 radical (unpaired) electrons. The summed E-state index contributed by atoms with van der Waals surface area (Å²) in [4.78, 5) is 3.34. The Hall–Kier alpha value is -2.48. The Balaban J connectivity index is 2.09. The maximum atomic E-state index is 3.34. The summed E-state index contributed by atoms with van der Waals surface area (Å²) < 4.78 is 2.25. The van der Waals surface area contributed by atoms with E-state index in [0.717, 1.165) is 0 Å². The minimum absolute atomic E-state index is 1.20. The van der Waals surface area contributed by atoms with Gasteiger partial charge >= 0.3 is 0 Å². The molecule has 2 aromatic carbocycles. The van der Waals surface area contributed by atoms with E-state index >= 15 is 0 Å². The van der Waals surface area contributed by atoms with E-state index in [1.165, 1.54) is 33.1 Å². The van der Waals surface area contributed by atoms with Crippen molar-refractivity contribution in [1.29, 1.82) is 0 Å². The molecule has 2 heteroatoms. The summed E-state index contributed by atoms with van der Waals surface area (Å²) in [5.74, 6) is 0. The molecule has 0 aliphatic heterocycles. The molecule has 0 saturated carbocycles. The lowest BCUT2D eigenvalue weighted by Crippen LogP contribution is -1.91. The van der Waals surface area contributed by atoms with Crippen molar-refractivity contribution in [2.75, 3.05) is 0 Å². The summed E-state index contributed by atoms with van der Waals surface area (Å²) in [5, 5.41) is 2.53. The number of nitrogens with one attached hydrogen (secondary N) is 1. The second-order valence-corrected chi connectivity index (χ2v) is 4.89. The zero-order valence-electron chi connectivity index (χ0n) is 10.7. The van der Waals surface area contributed by atoms with Gasteiger partial charge in [-0.1, -0.05) is 36.4 Å². The number of aromatic amines is 1. The Morgan fingerprint density at radius 1 is 0.895 bits per heavy atom. The third-order valence-electron chi connectivity index (χ3n) is 3.81. The summed E-state index contributed by atoms with van der Waals surface area (Å²) in [5.41, 5.74) is 4.96. The summed E-state index contributed by atoms with van der Waals surface area (Å²) in [7, 11) is 2.12. The van der Waals surface area contributed by atoms with Crippen molar-refractivity contribution in [3.05, 3.63) is 60.8 Å². The Labute approximate surface area is 111 Å². The van der Waals surface area contributed by atoms with Gasteiger partial charge in [-0.15, -0.1) is 0 Å². The van der Waals surface area contributed by atoms with Crippen molar-refractivity contribution in [1.82, 2.24) is 9.55 Å². The highest BCUT2D eigenvalue weighted by atomic mass is 14.9.